The molecule has 2 unspecified atom stereocenters. The number of nitro benzene ring substituents is 1. The lowest BCUT2D eigenvalue weighted by Gasteiger charge is -2.44. The van der Waals surface area contributed by atoms with E-state index in [1.807, 2.05) is 0 Å². The van der Waals surface area contributed by atoms with Gasteiger partial charge in [-0.2, -0.15) is 0 Å². The van der Waals surface area contributed by atoms with E-state index in [2.05, 4.69) is 19.3 Å². The number of benzene rings is 1. The van der Waals surface area contributed by atoms with Gasteiger partial charge in [0.1, 0.15) is 5.69 Å². The first-order valence-electron chi connectivity index (χ1n) is 7.11. The Kier molecular flexibility index (Phi) is 4.13. The Morgan fingerprint density at radius 2 is 2.25 bits per heavy atom. The van der Waals surface area contributed by atoms with Gasteiger partial charge in [-0.15, -0.1) is 0 Å². The molecule has 0 radical (unpaired) electrons. The summed E-state index contributed by atoms with van der Waals surface area (Å²) in [5.41, 5.74) is 6.67. The summed E-state index contributed by atoms with van der Waals surface area (Å²) in [6.07, 6.45) is 3.63. The van der Waals surface area contributed by atoms with Crippen LogP contribution in [-0.2, 0) is 0 Å². The molecule has 1 aromatic carbocycles. The monoisotopic (exact) mass is 279 g/mol. The number of rotatable bonds is 4. The zero-order valence-corrected chi connectivity index (χ0v) is 12.1. The maximum absolute atomic E-state index is 11.2. The molecule has 0 amide bonds. The molecule has 1 aliphatic rings. The first-order chi connectivity index (χ1) is 9.46. The normalized spacial score (nSPS) is 26.2. The number of nitro groups is 1. The Bertz CT molecular complexity index is 506. The molecule has 0 spiro atoms. The minimum atomic E-state index is -0.377. The predicted molar refractivity (Wildman–Crippen MR) is 80.4 cm³/mol. The molecule has 1 heterocycles. The molecule has 110 valence electrons. The number of piperidine rings is 1. The number of nitrogens with zero attached hydrogens (tertiary/aromatic N) is 2. The number of hydrogen-bond donors (Lipinski definition) is 2. The van der Waals surface area contributed by atoms with Gasteiger partial charge in [-0.25, -0.2) is 0 Å². The van der Waals surface area contributed by atoms with Crippen LogP contribution in [0.2, 0.25) is 0 Å². The van der Waals surface area contributed by atoms with Gasteiger partial charge in [-0.3, -0.25) is 10.1 Å². The Hall–Kier alpha value is -1.82. The third-order valence-electron chi connectivity index (χ3n) is 4.41. The minimum Gasteiger partial charge on any atom is -0.399 e. The minimum absolute atomic E-state index is 0.0539. The third-order valence-corrected chi connectivity index (χ3v) is 4.41. The Labute approximate surface area is 119 Å². The number of likely N-dealkylation sites (tertiary alicyclic amines) is 1. The van der Waals surface area contributed by atoms with E-state index in [0.717, 1.165) is 30.4 Å². The van der Waals surface area contributed by atoms with Crippen LogP contribution in [-0.4, -0.2) is 35.7 Å². The summed E-state index contributed by atoms with van der Waals surface area (Å²) in [5.74, 6) is 0. The molecule has 1 saturated heterocycles. The van der Waals surface area contributed by atoms with Crippen molar-refractivity contribution in [3.05, 3.63) is 28.3 Å². The van der Waals surface area contributed by atoms with Crippen molar-refractivity contribution in [3.63, 3.8) is 0 Å². The van der Waals surface area contributed by atoms with E-state index in [1.165, 1.54) is 12.5 Å². The second-order valence-electron chi connectivity index (χ2n) is 5.71. The van der Waals surface area contributed by atoms with E-state index in [1.54, 1.807) is 12.1 Å². The zero-order valence-electron chi connectivity index (χ0n) is 12.1. The van der Waals surface area contributed by atoms with Crippen molar-refractivity contribution in [2.75, 3.05) is 31.2 Å². The molecule has 0 aliphatic carbocycles. The quantitative estimate of drug-likeness (QED) is 0.384. The summed E-state index contributed by atoms with van der Waals surface area (Å²) in [7, 11) is 2.21. The highest BCUT2D eigenvalue weighted by molar-refractivity contribution is 5.66. The first-order valence-corrected chi connectivity index (χ1v) is 7.11. The molecule has 6 heteroatoms. The van der Waals surface area contributed by atoms with Crippen molar-refractivity contribution in [1.29, 1.82) is 0 Å². The average Bonchev–Trinajstić information content (AvgIpc) is 2.43. The van der Waals surface area contributed by atoms with Crippen molar-refractivity contribution in [3.8, 4) is 0 Å². The first kappa shape index (κ1) is 14.6. The van der Waals surface area contributed by atoms with Gasteiger partial charge in [0, 0.05) is 18.2 Å². The highest BCUT2D eigenvalue weighted by Gasteiger charge is 2.35. The number of hydrogen-bond acceptors (Lipinski definition) is 4. The predicted octanol–water partition coefficient (Wildman–Crippen LogP) is 2.57. The van der Waals surface area contributed by atoms with Crippen LogP contribution in [0.4, 0.5) is 17.1 Å². The van der Waals surface area contributed by atoms with Crippen LogP contribution >= 0.6 is 0 Å². The number of quaternary nitrogens is 1. The van der Waals surface area contributed by atoms with Crippen LogP contribution < -0.4 is 11.1 Å². The summed E-state index contributed by atoms with van der Waals surface area (Å²) in [5, 5.41) is 14.5. The number of nitrogens with one attached hydrogen (secondary N) is 1. The van der Waals surface area contributed by atoms with Gasteiger partial charge in [-0.05, 0) is 31.9 Å². The third kappa shape index (κ3) is 2.85. The fraction of sp³-hybridized carbons (Fsp3) is 0.571. The standard InChI is InChI=1S/C14H23N4O2/c1-3-18(2)9-5-4-6-14(18)16-12-8-7-11(15)10-13(12)17(19)20/h7-8,10,14,16H,3-6,9,15H2,1-2H3/q+1. The lowest BCUT2D eigenvalue weighted by atomic mass is 10.0. The molecule has 0 bridgehead atoms. The summed E-state index contributed by atoms with van der Waals surface area (Å²) in [6.45, 7) is 4.29. The summed E-state index contributed by atoms with van der Waals surface area (Å²) >= 11 is 0. The lowest BCUT2D eigenvalue weighted by Crippen LogP contribution is -2.58. The van der Waals surface area contributed by atoms with E-state index in [-0.39, 0.29) is 16.8 Å². The maximum Gasteiger partial charge on any atom is 0.294 e. The van der Waals surface area contributed by atoms with Crippen LogP contribution in [0.1, 0.15) is 26.2 Å². The fourth-order valence-electron chi connectivity index (χ4n) is 2.89. The summed E-state index contributed by atoms with van der Waals surface area (Å²) < 4.78 is 0.904. The SMILES string of the molecule is CC[N+]1(C)CCCCC1Nc1ccc(N)cc1[N+](=O)[O-]. The fourth-order valence-corrected chi connectivity index (χ4v) is 2.89. The van der Waals surface area contributed by atoms with E-state index in [4.69, 9.17) is 5.73 Å². The Morgan fingerprint density at radius 3 is 2.90 bits per heavy atom. The van der Waals surface area contributed by atoms with Gasteiger partial charge in [0.2, 0.25) is 0 Å². The Morgan fingerprint density at radius 1 is 1.50 bits per heavy atom. The van der Waals surface area contributed by atoms with Gasteiger partial charge in [0.25, 0.3) is 5.69 Å². The molecule has 1 aliphatic heterocycles. The van der Waals surface area contributed by atoms with Crippen molar-refractivity contribution in [1.82, 2.24) is 0 Å². The van der Waals surface area contributed by atoms with Crippen molar-refractivity contribution >= 4 is 17.1 Å². The molecular weight excluding hydrogens is 256 g/mol. The van der Waals surface area contributed by atoms with Crippen molar-refractivity contribution in [2.24, 2.45) is 0 Å². The molecule has 3 N–H and O–H groups in total. The number of nitrogens with two attached hydrogens (primary N) is 1. The molecule has 0 saturated carbocycles. The highest BCUT2D eigenvalue weighted by atomic mass is 16.6. The maximum atomic E-state index is 11.2. The topological polar surface area (TPSA) is 81.2 Å². The summed E-state index contributed by atoms with van der Waals surface area (Å²) in [6, 6.07) is 4.83. The van der Waals surface area contributed by atoms with Gasteiger partial charge in [-0.1, -0.05) is 0 Å². The second kappa shape index (κ2) is 5.66. The van der Waals surface area contributed by atoms with Crippen LogP contribution in [0.3, 0.4) is 0 Å². The van der Waals surface area contributed by atoms with Crippen LogP contribution in [0.15, 0.2) is 18.2 Å². The molecular formula is C14H23N4O2+. The average molecular weight is 279 g/mol. The van der Waals surface area contributed by atoms with Gasteiger partial charge >= 0.3 is 0 Å². The lowest BCUT2D eigenvalue weighted by molar-refractivity contribution is -0.933. The number of anilines is 2. The molecule has 20 heavy (non-hydrogen) atoms. The Balaban J connectivity index is 2.27. The zero-order chi connectivity index (χ0) is 14.8. The largest absolute Gasteiger partial charge is 0.399 e. The highest BCUT2D eigenvalue weighted by Crippen LogP contribution is 2.31. The van der Waals surface area contributed by atoms with E-state index < -0.39 is 0 Å². The molecule has 1 aromatic rings. The number of nitrogen functional groups attached to an aromatic ring is 1. The van der Waals surface area contributed by atoms with E-state index in [0.29, 0.717) is 11.4 Å². The van der Waals surface area contributed by atoms with Crippen molar-refractivity contribution in [2.45, 2.75) is 32.4 Å². The van der Waals surface area contributed by atoms with E-state index >= 15 is 0 Å². The van der Waals surface area contributed by atoms with Crippen molar-refractivity contribution < 1.29 is 9.41 Å². The second-order valence-corrected chi connectivity index (χ2v) is 5.71. The summed E-state index contributed by atoms with van der Waals surface area (Å²) in [4.78, 5) is 10.8. The molecule has 2 rings (SSSR count). The molecule has 6 nitrogen and oxygen atoms in total. The van der Waals surface area contributed by atoms with Crippen LogP contribution in [0.5, 0.6) is 0 Å². The molecule has 1 fully saturated rings. The molecule has 0 aromatic heterocycles. The van der Waals surface area contributed by atoms with Gasteiger partial charge in [0.15, 0.2) is 6.17 Å². The van der Waals surface area contributed by atoms with Gasteiger partial charge in [0.05, 0.1) is 25.1 Å². The van der Waals surface area contributed by atoms with E-state index in [9.17, 15) is 10.1 Å². The van der Waals surface area contributed by atoms with Crippen LogP contribution in [0.25, 0.3) is 0 Å². The smallest absolute Gasteiger partial charge is 0.294 e. The molecule has 2 atom stereocenters. The van der Waals surface area contributed by atoms with Gasteiger partial charge < -0.3 is 15.5 Å². The van der Waals surface area contributed by atoms with Crippen LogP contribution in [0, 0.1) is 10.1 Å².